The van der Waals surface area contributed by atoms with Crippen LogP contribution in [0.1, 0.15) is 5.56 Å². The van der Waals surface area contributed by atoms with E-state index in [2.05, 4.69) is 0 Å². The van der Waals surface area contributed by atoms with Crippen molar-refractivity contribution in [3.8, 4) is 5.75 Å². The molecule has 0 bridgehead atoms. The molecular weight excluding hydrogens is 253 g/mol. The van der Waals surface area contributed by atoms with Gasteiger partial charge in [-0.05, 0) is 17.7 Å². The number of ether oxygens (including phenoxy) is 1. The van der Waals surface area contributed by atoms with Gasteiger partial charge in [0.2, 0.25) is 0 Å². The van der Waals surface area contributed by atoms with E-state index in [1.165, 1.54) is 18.2 Å². The molecule has 100 valence electrons. The number of aliphatic hydroxyl groups is 1. The first-order valence-corrected chi connectivity index (χ1v) is 4.96. The van der Waals surface area contributed by atoms with E-state index in [-0.39, 0.29) is 12.4 Å². The molecule has 2 N–H and O–H groups in total. The maximum absolute atomic E-state index is 12.3. The number of carboxylic acid groups (broad SMARTS) is 1. The van der Waals surface area contributed by atoms with Gasteiger partial charge in [-0.3, -0.25) is 4.79 Å². The first-order valence-electron chi connectivity index (χ1n) is 4.96. The normalized spacial score (nSPS) is 13.1. The molecule has 4 nitrogen and oxygen atoms in total. The maximum atomic E-state index is 12.3. The summed E-state index contributed by atoms with van der Waals surface area (Å²) in [6.07, 6.45) is -4.86. The Kier molecular flexibility index (Phi) is 4.55. The maximum Gasteiger partial charge on any atom is 0.405 e. The van der Waals surface area contributed by atoms with E-state index in [1.807, 2.05) is 0 Å². The van der Waals surface area contributed by atoms with E-state index >= 15 is 0 Å². The Morgan fingerprint density at radius 2 is 2.06 bits per heavy atom. The van der Waals surface area contributed by atoms with Crippen LogP contribution in [0.3, 0.4) is 0 Å². The molecule has 0 radical (unpaired) electrons. The smallest absolute Gasteiger partial charge is 0.405 e. The fourth-order valence-electron chi connectivity index (χ4n) is 1.22. The van der Waals surface area contributed by atoms with Gasteiger partial charge in [-0.15, -0.1) is 0 Å². The van der Waals surface area contributed by atoms with Gasteiger partial charge in [0.05, 0.1) is 6.61 Å². The number of aliphatic hydroxyl groups excluding tert-OH is 1. The molecule has 0 aliphatic heterocycles. The lowest BCUT2D eigenvalue weighted by atomic mass is 10.1. The van der Waals surface area contributed by atoms with Crippen molar-refractivity contribution < 1.29 is 32.9 Å². The van der Waals surface area contributed by atoms with Crippen molar-refractivity contribution in [2.75, 3.05) is 6.61 Å². The molecule has 1 atom stereocenters. The van der Waals surface area contributed by atoms with E-state index in [1.54, 1.807) is 6.07 Å². The van der Waals surface area contributed by atoms with Gasteiger partial charge in [0.15, 0.2) is 5.92 Å². The fourth-order valence-corrected chi connectivity index (χ4v) is 1.22. The van der Waals surface area contributed by atoms with Crippen LogP contribution in [-0.2, 0) is 11.4 Å². The molecule has 1 aromatic carbocycles. The number of hydrogen-bond acceptors (Lipinski definition) is 3. The second-order valence-corrected chi connectivity index (χ2v) is 3.55. The van der Waals surface area contributed by atoms with Crippen molar-refractivity contribution in [3.05, 3.63) is 29.8 Å². The summed E-state index contributed by atoms with van der Waals surface area (Å²) in [5, 5.41) is 17.3. The van der Waals surface area contributed by atoms with E-state index in [4.69, 9.17) is 14.9 Å². The zero-order valence-corrected chi connectivity index (χ0v) is 9.15. The molecule has 0 aliphatic rings. The summed E-state index contributed by atoms with van der Waals surface area (Å²) in [6, 6.07) is 5.78. The number of hydrogen-bond donors (Lipinski definition) is 2. The van der Waals surface area contributed by atoms with E-state index in [0.29, 0.717) is 5.56 Å². The molecule has 7 heteroatoms. The molecule has 0 fully saturated rings. The third kappa shape index (κ3) is 3.92. The Balaban J connectivity index is 2.70. The van der Waals surface area contributed by atoms with Crippen molar-refractivity contribution in [2.24, 2.45) is 5.92 Å². The quantitative estimate of drug-likeness (QED) is 0.851. The van der Waals surface area contributed by atoms with E-state index in [0.717, 1.165) is 0 Å². The lowest BCUT2D eigenvalue weighted by Gasteiger charge is -2.16. The van der Waals surface area contributed by atoms with Crippen LogP contribution in [-0.4, -0.2) is 29.0 Å². The summed E-state index contributed by atoms with van der Waals surface area (Å²) >= 11 is 0. The molecule has 0 saturated carbocycles. The molecule has 0 spiro atoms. The summed E-state index contributed by atoms with van der Waals surface area (Å²) in [6.45, 7) is -1.29. The van der Waals surface area contributed by atoms with Gasteiger partial charge in [0.25, 0.3) is 0 Å². The SMILES string of the molecule is O=C(O)C(COc1cccc(CO)c1)C(F)(F)F. The highest BCUT2D eigenvalue weighted by Gasteiger charge is 2.45. The average Bonchev–Trinajstić information content (AvgIpc) is 2.27. The second-order valence-electron chi connectivity index (χ2n) is 3.55. The predicted octanol–water partition coefficient (Wildman–Crippen LogP) is 1.82. The molecule has 0 saturated heterocycles. The molecule has 1 aromatic rings. The summed E-state index contributed by atoms with van der Waals surface area (Å²) < 4.78 is 41.7. The van der Waals surface area contributed by atoms with Crippen LogP contribution < -0.4 is 4.74 Å². The zero-order chi connectivity index (χ0) is 13.8. The topological polar surface area (TPSA) is 66.8 Å². The van der Waals surface area contributed by atoms with Crippen molar-refractivity contribution >= 4 is 5.97 Å². The molecule has 0 heterocycles. The highest BCUT2D eigenvalue weighted by Crippen LogP contribution is 2.27. The molecule has 18 heavy (non-hydrogen) atoms. The molecular formula is C11H11F3O4. The van der Waals surface area contributed by atoms with Crippen molar-refractivity contribution in [2.45, 2.75) is 12.8 Å². The van der Waals surface area contributed by atoms with Crippen molar-refractivity contribution in [1.29, 1.82) is 0 Å². The third-order valence-electron chi connectivity index (χ3n) is 2.19. The number of benzene rings is 1. The lowest BCUT2D eigenvalue weighted by Crippen LogP contribution is -2.35. The van der Waals surface area contributed by atoms with Gasteiger partial charge in [-0.1, -0.05) is 12.1 Å². The summed E-state index contributed by atoms with van der Waals surface area (Å²) in [5.74, 6) is -4.48. The largest absolute Gasteiger partial charge is 0.492 e. The predicted molar refractivity (Wildman–Crippen MR) is 55.0 cm³/mol. The molecule has 0 aromatic heterocycles. The highest BCUT2D eigenvalue weighted by atomic mass is 19.4. The zero-order valence-electron chi connectivity index (χ0n) is 9.15. The first kappa shape index (κ1) is 14.3. The van der Waals surface area contributed by atoms with Gasteiger partial charge in [0, 0.05) is 0 Å². The van der Waals surface area contributed by atoms with Crippen LogP contribution >= 0.6 is 0 Å². The number of carbonyl (C=O) groups is 1. The van der Waals surface area contributed by atoms with Gasteiger partial charge in [-0.2, -0.15) is 13.2 Å². The average molecular weight is 264 g/mol. The molecule has 1 rings (SSSR count). The molecule has 0 amide bonds. The number of alkyl halides is 3. The summed E-state index contributed by atoms with van der Waals surface area (Å²) in [4.78, 5) is 10.5. The Hall–Kier alpha value is -1.76. The van der Waals surface area contributed by atoms with Crippen molar-refractivity contribution in [1.82, 2.24) is 0 Å². The van der Waals surface area contributed by atoms with Crippen LogP contribution in [0.5, 0.6) is 5.75 Å². The Bertz CT molecular complexity index is 417. The standard InChI is InChI=1S/C11H11F3O4/c12-11(13,14)9(10(16)17)6-18-8-3-1-2-7(4-8)5-15/h1-4,9,15H,5-6H2,(H,16,17). The van der Waals surface area contributed by atoms with Crippen LogP contribution in [0.2, 0.25) is 0 Å². The third-order valence-corrected chi connectivity index (χ3v) is 2.19. The van der Waals surface area contributed by atoms with Crippen LogP contribution in [0.4, 0.5) is 13.2 Å². The molecule has 0 aliphatic carbocycles. The minimum atomic E-state index is -4.86. The minimum Gasteiger partial charge on any atom is -0.492 e. The van der Waals surface area contributed by atoms with Crippen LogP contribution in [0.25, 0.3) is 0 Å². The summed E-state index contributed by atoms with van der Waals surface area (Å²) in [7, 11) is 0. The van der Waals surface area contributed by atoms with E-state index < -0.39 is 24.7 Å². The minimum absolute atomic E-state index is 0.0806. The van der Waals surface area contributed by atoms with Crippen molar-refractivity contribution in [3.63, 3.8) is 0 Å². The number of rotatable bonds is 5. The second kappa shape index (κ2) is 5.72. The van der Waals surface area contributed by atoms with E-state index in [9.17, 15) is 18.0 Å². The Morgan fingerprint density at radius 1 is 1.39 bits per heavy atom. The number of halogens is 3. The first-order chi connectivity index (χ1) is 8.34. The number of carboxylic acids is 1. The lowest BCUT2D eigenvalue weighted by molar-refractivity contribution is -0.198. The van der Waals surface area contributed by atoms with Gasteiger partial charge >= 0.3 is 12.1 Å². The van der Waals surface area contributed by atoms with Crippen LogP contribution in [0.15, 0.2) is 24.3 Å². The monoisotopic (exact) mass is 264 g/mol. The number of aliphatic carboxylic acids is 1. The van der Waals surface area contributed by atoms with Gasteiger partial charge in [-0.25, -0.2) is 0 Å². The summed E-state index contributed by atoms with van der Waals surface area (Å²) in [5.41, 5.74) is 0.464. The van der Waals surface area contributed by atoms with Gasteiger partial charge in [0.1, 0.15) is 12.4 Å². The Morgan fingerprint density at radius 3 is 2.56 bits per heavy atom. The molecule has 1 unspecified atom stereocenters. The fraction of sp³-hybridized carbons (Fsp3) is 0.364. The highest BCUT2D eigenvalue weighted by molar-refractivity contribution is 5.71. The Labute approximate surface area is 101 Å². The van der Waals surface area contributed by atoms with Crippen LogP contribution in [0, 0.1) is 5.92 Å². The van der Waals surface area contributed by atoms with Gasteiger partial charge < -0.3 is 14.9 Å².